The Bertz CT molecular complexity index is 872. The van der Waals surface area contributed by atoms with Crippen molar-refractivity contribution in [2.24, 2.45) is 7.05 Å². The summed E-state index contributed by atoms with van der Waals surface area (Å²) >= 11 is 1.90. The standard InChI is InChI=1S/C18H21N5OS/c1-22(2)16(14-10-19-11-23(14)3)18-20-17(21-24-18)13-8-9-25-15-7-5-4-6-12(13)15/h4-7,10-11,13,16H,8-9H2,1-3H3. The third kappa shape index (κ3) is 2.98. The van der Waals surface area contributed by atoms with E-state index in [1.165, 1.54) is 10.5 Å². The van der Waals surface area contributed by atoms with Gasteiger partial charge in [0.1, 0.15) is 6.04 Å². The van der Waals surface area contributed by atoms with Crippen LogP contribution in [0.4, 0.5) is 0 Å². The fraction of sp³-hybridized carbons (Fsp3) is 0.389. The molecule has 2 aromatic heterocycles. The van der Waals surface area contributed by atoms with Crippen LogP contribution in [0.2, 0.25) is 0 Å². The highest BCUT2D eigenvalue weighted by Gasteiger charge is 2.30. The molecule has 2 unspecified atom stereocenters. The molecule has 0 radical (unpaired) electrons. The molecule has 1 aromatic carbocycles. The van der Waals surface area contributed by atoms with Crippen molar-refractivity contribution in [1.29, 1.82) is 0 Å². The van der Waals surface area contributed by atoms with Crippen LogP contribution < -0.4 is 0 Å². The molecule has 0 bridgehead atoms. The number of aromatic nitrogens is 4. The number of aryl methyl sites for hydroxylation is 1. The van der Waals surface area contributed by atoms with Gasteiger partial charge in [0.05, 0.1) is 18.2 Å². The molecule has 6 nitrogen and oxygen atoms in total. The van der Waals surface area contributed by atoms with Gasteiger partial charge in [-0.3, -0.25) is 4.90 Å². The second-order valence-corrected chi connectivity index (χ2v) is 7.65. The molecule has 1 aliphatic heterocycles. The van der Waals surface area contributed by atoms with Gasteiger partial charge in [-0.05, 0) is 37.9 Å². The summed E-state index contributed by atoms with van der Waals surface area (Å²) < 4.78 is 7.67. The normalized spacial score (nSPS) is 18.3. The maximum absolute atomic E-state index is 5.68. The molecule has 7 heteroatoms. The van der Waals surface area contributed by atoms with Gasteiger partial charge in [0.25, 0.3) is 0 Å². The van der Waals surface area contributed by atoms with Crippen molar-refractivity contribution >= 4 is 11.8 Å². The van der Waals surface area contributed by atoms with E-state index in [9.17, 15) is 0 Å². The van der Waals surface area contributed by atoms with Crippen molar-refractivity contribution in [3.63, 3.8) is 0 Å². The van der Waals surface area contributed by atoms with Crippen LogP contribution in [0.3, 0.4) is 0 Å². The second-order valence-electron chi connectivity index (χ2n) is 6.51. The summed E-state index contributed by atoms with van der Waals surface area (Å²) in [5.74, 6) is 2.66. The molecule has 130 valence electrons. The van der Waals surface area contributed by atoms with Gasteiger partial charge in [0.2, 0.25) is 5.89 Å². The first-order valence-corrected chi connectivity index (χ1v) is 9.31. The van der Waals surface area contributed by atoms with Crippen LogP contribution in [-0.2, 0) is 7.05 Å². The number of fused-ring (bicyclic) bond motifs is 1. The summed E-state index contributed by atoms with van der Waals surface area (Å²) in [6.07, 6.45) is 4.66. The summed E-state index contributed by atoms with van der Waals surface area (Å²) in [5.41, 5.74) is 2.33. The van der Waals surface area contributed by atoms with E-state index in [1.807, 2.05) is 43.7 Å². The number of imidazole rings is 1. The molecule has 2 atom stereocenters. The van der Waals surface area contributed by atoms with E-state index in [2.05, 4.69) is 39.3 Å². The average Bonchev–Trinajstić information content (AvgIpc) is 3.25. The number of thioether (sulfide) groups is 1. The van der Waals surface area contributed by atoms with E-state index in [-0.39, 0.29) is 12.0 Å². The lowest BCUT2D eigenvalue weighted by atomic mass is 9.95. The van der Waals surface area contributed by atoms with E-state index >= 15 is 0 Å². The number of hydrogen-bond acceptors (Lipinski definition) is 6. The Morgan fingerprint density at radius 2 is 2.16 bits per heavy atom. The van der Waals surface area contributed by atoms with Gasteiger partial charge in [0, 0.05) is 17.9 Å². The minimum absolute atomic E-state index is 0.109. The van der Waals surface area contributed by atoms with Crippen molar-refractivity contribution < 1.29 is 4.52 Å². The molecule has 25 heavy (non-hydrogen) atoms. The summed E-state index contributed by atoms with van der Waals surface area (Å²) in [5, 5.41) is 4.33. The lowest BCUT2D eigenvalue weighted by Crippen LogP contribution is -2.23. The Balaban J connectivity index is 1.70. The maximum Gasteiger partial charge on any atom is 0.250 e. The van der Waals surface area contributed by atoms with Gasteiger partial charge in [0.15, 0.2) is 5.82 Å². The first-order valence-electron chi connectivity index (χ1n) is 8.33. The lowest BCUT2D eigenvalue weighted by molar-refractivity contribution is 0.253. The maximum atomic E-state index is 5.68. The molecule has 0 aliphatic carbocycles. The monoisotopic (exact) mass is 355 g/mol. The van der Waals surface area contributed by atoms with E-state index in [1.54, 1.807) is 6.33 Å². The summed E-state index contributed by atoms with van der Waals surface area (Å²) in [6.45, 7) is 0. The highest BCUT2D eigenvalue weighted by Crippen LogP contribution is 2.40. The molecule has 0 saturated carbocycles. The molecule has 0 fully saturated rings. The molecule has 4 rings (SSSR count). The average molecular weight is 355 g/mol. The fourth-order valence-corrected chi connectivity index (χ4v) is 4.48. The van der Waals surface area contributed by atoms with Crippen LogP contribution in [0.1, 0.15) is 41.4 Å². The number of hydrogen-bond donors (Lipinski definition) is 0. The van der Waals surface area contributed by atoms with E-state index in [4.69, 9.17) is 9.51 Å². The topological polar surface area (TPSA) is 60.0 Å². The minimum atomic E-state index is -0.109. The third-order valence-corrected chi connectivity index (χ3v) is 5.73. The molecule has 3 heterocycles. The zero-order valence-corrected chi connectivity index (χ0v) is 15.4. The zero-order chi connectivity index (χ0) is 17.4. The molecule has 3 aromatic rings. The molecule has 0 spiro atoms. The van der Waals surface area contributed by atoms with Crippen molar-refractivity contribution in [2.75, 3.05) is 19.8 Å². The predicted octanol–water partition coefficient (Wildman–Crippen LogP) is 3.08. The minimum Gasteiger partial charge on any atom is -0.337 e. The van der Waals surface area contributed by atoms with Crippen LogP contribution in [0.15, 0.2) is 46.2 Å². The van der Waals surface area contributed by atoms with Crippen LogP contribution >= 0.6 is 11.8 Å². The third-order valence-electron chi connectivity index (χ3n) is 4.61. The molecular weight excluding hydrogens is 334 g/mol. The quantitative estimate of drug-likeness (QED) is 0.717. The Labute approximate surface area is 151 Å². The van der Waals surface area contributed by atoms with E-state index in [0.29, 0.717) is 5.89 Å². The molecule has 0 N–H and O–H groups in total. The SMILES string of the molecule is CN(C)C(c1nc(C2CCSc3ccccc32)no1)c1cncn1C. The highest BCUT2D eigenvalue weighted by molar-refractivity contribution is 7.99. The largest absolute Gasteiger partial charge is 0.337 e. The number of benzene rings is 1. The van der Waals surface area contributed by atoms with Crippen molar-refractivity contribution in [2.45, 2.75) is 23.3 Å². The molecule has 0 saturated heterocycles. The molecule has 1 aliphatic rings. The van der Waals surface area contributed by atoms with E-state index < -0.39 is 0 Å². The number of rotatable bonds is 4. The number of nitrogens with zero attached hydrogens (tertiary/aromatic N) is 5. The fourth-order valence-electron chi connectivity index (χ4n) is 3.35. The Hall–Kier alpha value is -2.12. The Morgan fingerprint density at radius 1 is 1.32 bits per heavy atom. The molecular formula is C18H21N5OS. The summed E-state index contributed by atoms with van der Waals surface area (Å²) in [4.78, 5) is 12.4. The van der Waals surface area contributed by atoms with Gasteiger partial charge < -0.3 is 9.09 Å². The Kier molecular flexibility index (Phi) is 4.35. The smallest absolute Gasteiger partial charge is 0.250 e. The second kappa shape index (κ2) is 6.65. The van der Waals surface area contributed by atoms with Crippen LogP contribution in [-0.4, -0.2) is 44.4 Å². The van der Waals surface area contributed by atoms with Gasteiger partial charge in [-0.25, -0.2) is 4.98 Å². The van der Waals surface area contributed by atoms with Crippen LogP contribution in [0.25, 0.3) is 0 Å². The van der Waals surface area contributed by atoms with Crippen molar-refractivity contribution in [3.05, 3.63) is 59.8 Å². The zero-order valence-electron chi connectivity index (χ0n) is 14.6. The van der Waals surface area contributed by atoms with E-state index in [0.717, 1.165) is 23.7 Å². The van der Waals surface area contributed by atoms with Gasteiger partial charge >= 0.3 is 0 Å². The summed E-state index contributed by atoms with van der Waals surface area (Å²) in [6, 6.07) is 8.40. The van der Waals surface area contributed by atoms with Gasteiger partial charge in [-0.2, -0.15) is 4.98 Å². The highest BCUT2D eigenvalue weighted by atomic mass is 32.2. The predicted molar refractivity (Wildman–Crippen MR) is 96.7 cm³/mol. The lowest BCUT2D eigenvalue weighted by Gasteiger charge is -2.22. The van der Waals surface area contributed by atoms with Gasteiger partial charge in [-0.15, -0.1) is 11.8 Å². The molecule has 0 amide bonds. The first-order chi connectivity index (χ1) is 12.1. The van der Waals surface area contributed by atoms with Crippen molar-refractivity contribution in [1.82, 2.24) is 24.6 Å². The van der Waals surface area contributed by atoms with Crippen LogP contribution in [0.5, 0.6) is 0 Å². The van der Waals surface area contributed by atoms with Crippen LogP contribution in [0, 0.1) is 0 Å². The van der Waals surface area contributed by atoms with Gasteiger partial charge in [-0.1, -0.05) is 23.4 Å². The first kappa shape index (κ1) is 16.4. The Morgan fingerprint density at radius 3 is 2.92 bits per heavy atom. The summed E-state index contributed by atoms with van der Waals surface area (Å²) in [7, 11) is 5.99. The van der Waals surface area contributed by atoms with Crippen molar-refractivity contribution in [3.8, 4) is 0 Å².